The fourth-order valence-electron chi connectivity index (χ4n) is 2.02. The first-order valence-corrected chi connectivity index (χ1v) is 6.60. The number of aryl methyl sites for hydroxylation is 1. The maximum Gasteiger partial charge on any atom is 0.119 e. The van der Waals surface area contributed by atoms with Gasteiger partial charge in [0.1, 0.15) is 5.75 Å². The fraction of sp³-hybridized carbons (Fsp3) is 0.312. The summed E-state index contributed by atoms with van der Waals surface area (Å²) in [6, 6.07) is 10.4. The van der Waals surface area contributed by atoms with Gasteiger partial charge in [0.25, 0.3) is 0 Å². The smallest absolute Gasteiger partial charge is 0.119 e. The maximum absolute atomic E-state index is 5.50. The highest BCUT2D eigenvalue weighted by Crippen LogP contribution is 2.25. The van der Waals surface area contributed by atoms with Crippen LogP contribution in [0.15, 0.2) is 42.7 Å². The molecule has 2 rings (SSSR count). The van der Waals surface area contributed by atoms with Crippen molar-refractivity contribution in [3.63, 3.8) is 0 Å². The zero-order chi connectivity index (χ0) is 13.7. The van der Waals surface area contributed by atoms with E-state index in [2.05, 4.69) is 36.3 Å². The van der Waals surface area contributed by atoms with E-state index in [1.165, 1.54) is 11.1 Å². The summed E-state index contributed by atoms with van der Waals surface area (Å²) in [5.74, 6) is 0.919. The summed E-state index contributed by atoms with van der Waals surface area (Å²) in [6.45, 7) is 6.92. The molecule has 0 aliphatic carbocycles. The van der Waals surface area contributed by atoms with Crippen LogP contribution in [-0.4, -0.2) is 11.6 Å². The second kappa shape index (κ2) is 6.23. The van der Waals surface area contributed by atoms with Crippen molar-refractivity contribution < 1.29 is 4.74 Å². The Morgan fingerprint density at radius 3 is 2.58 bits per heavy atom. The van der Waals surface area contributed by atoms with Crippen molar-refractivity contribution in [3.05, 3.63) is 53.9 Å². The number of anilines is 1. The molecule has 1 N–H and O–H groups in total. The monoisotopic (exact) mass is 256 g/mol. The van der Waals surface area contributed by atoms with E-state index >= 15 is 0 Å². The van der Waals surface area contributed by atoms with Gasteiger partial charge < -0.3 is 10.1 Å². The zero-order valence-corrected chi connectivity index (χ0v) is 11.7. The van der Waals surface area contributed by atoms with E-state index in [0.717, 1.165) is 11.4 Å². The number of benzene rings is 1. The molecule has 0 bridgehead atoms. The molecular weight excluding hydrogens is 236 g/mol. The Morgan fingerprint density at radius 2 is 1.95 bits per heavy atom. The van der Waals surface area contributed by atoms with Crippen molar-refractivity contribution in [3.8, 4) is 5.75 Å². The van der Waals surface area contributed by atoms with E-state index in [0.29, 0.717) is 6.61 Å². The van der Waals surface area contributed by atoms with Gasteiger partial charge in [-0.3, -0.25) is 4.98 Å². The summed E-state index contributed by atoms with van der Waals surface area (Å²) in [7, 11) is 0. The van der Waals surface area contributed by atoms with Crippen LogP contribution < -0.4 is 10.1 Å². The van der Waals surface area contributed by atoms with Crippen molar-refractivity contribution in [2.24, 2.45) is 0 Å². The average Bonchev–Trinajstić information content (AvgIpc) is 2.43. The van der Waals surface area contributed by atoms with Crippen LogP contribution in [0.1, 0.15) is 31.0 Å². The van der Waals surface area contributed by atoms with Crippen LogP contribution in [0.3, 0.4) is 0 Å². The molecule has 1 aromatic carbocycles. The van der Waals surface area contributed by atoms with Gasteiger partial charge in [-0.1, -0.05) is 0 Å². The van der Waals surface area contributed by atoms with Gasteiger partial charge in [-0.15, -0.1) is 0 Å². The number of aromatic nitrogens is 1. The first kappa shape index (κ1) is 13.4. The van der Waals surface area contributed by atoms with Crippen LogP contribution in [0.2, 0.25) is 0 Å². The largest absolute Gasteiger partial charge is 0.494 e. The number of ether oxygens (including phenoxy) is 1. The SMILES string of the molecule is CCOc1ccc(NC(C)c2ccncc2)c(C)c1. The summed E-state index contributed by atoms with van der Waals surface area (Å²) >= 11 is 0. The first-order valence-electron chi connectivity index (χ1n) is 6.60. The predicted octanol–water partition coefficient (Wildman–Crippen LogP) is 3.96. The fourth-order valence-corrected chi connectivity index (χ4v) is 2.02. The number of nitrogens with one attached hydrogen (secondary N) is 1. The third-order valence-electron chi connectivity index (χ3n) is 3.09. The first-order chi connectivity index (χ1) is 9.20. The third-order valence-corrected chi connectivity index (χ3v) is 3.09. The number of pyridine rings is 1. The lowest BCUT2D eigenvalue weighted by Crippen LogP contribution is -2.07. The molecule has 1 unspecified atom stereocenters. The van der Waals surface area contributed by atoms with Crippen molar-refractivity contribution in [2.45, 2.75) is 26.8 Å². The van der Waals surface area contributed by atoms with Crippen molar-refractivity contribution in [1.82, 2.24) is 4.98 Å². The Hall–Kier alpha value is -2.03. The summed E-state index contributed by atoms with van der Waals surface area (Å²) in [5.41, 5.74) is 3.54. The van der Waals surface area contributed by atoms with E-state index in [-0.39, 0.29) is 6.04 Å². The molecule has 0 fully saturated rings. The van der Waals surface area contributed by atoms with Gasteiger partial charge >= 0.3 is 0 Å². The second-order valence-corrected chi connectivity index (χ2v) is 4.56. The Morgan fingerprint density at radius 1 is 1.21 bits per heavy atom. The maximum atomic E-state index is 5.50. The van der Waals surface area contributed by atoms with Crippen LogP contribution in [0, 0.1) is 6.92 Å². The summed E-state index contributed by atoms with van der Waals surface area (Å²) in [4.78, 5) is 4.04. The van der Waals surface area contributed by atoms with Gasteiger partial charge in [0.05, 0.1) is 6.61 Å². The molecule has 0 spiro atoms. The van der Waals surface area contributed by atoms with E-state index in [1.807, 2.05) is 37.5 Å². The van der Waals surface area contributed by atoms with Crippen LogP contribution in [0.5, 0.6) is 5.75 Å². The van der Waals surface area contributed by atoms with E-state index in [1.54, 1.807) is 0 Å². The molecule has 2 aromatic rings. The van der Waals surface area contributed by atoms with Crippen LogP contribution in [0.4, 0.5) is 5.69 Å². The number of hydrogen-bond donors (Lipinski definition) is 1. The molecule has 0 aliphatic rings. The Labute approximate surface area is 114 Å². The molecule has 0 radical (unpaired) electrons. The van der Waals surface area contributed by atoms with Crippen molar-refractivity contribution >= 4 is 5.69 Å². The normalized spacial score (nSPS) is 11.9. The Balaban J connectivity index is 2.11. The quantitative estimate of drug-likeness (QED) is 0.879. The lowest BCUT2D eigenvalue weighted by atomic mass is 10.1. The highest BCUT2D eigenvalue weighted by molar-refractivity contribution is 5.54. The van der Waals surface area contributed by atoms with Gasteiger partial charge in [-0.25, -0.2) is 0 Å². The number of nitrogens with zero attached hydrogens (tertiary/aromatic N) is 1. The van der Waals surface area contributed by atoms with Crippen LogP contribution in [-0.2, 0) is 0 Å². The predicted molar refractivity (Wildman–Crippen MR) is 78.6 cm³/mol. The standard InChI is InChI=1S/C16H20N2O/c1-4-19-15-5-6-16(12(2)11-15)18-13(3)14-7-9-17-10-8-14/h5-11,13,18H,4H2,1-3H3. The Bertz CT molecular complexity index is 526. The molecule has 0 aliphatic heterocycles. The highest BCUT2D eigenvalue weighted by Gasteiger charge is 2.07. The van der Waals surface area contributed by atoms with Gasteiger partial charge in [-0.05, 0) is 62.2 Å². The minimum atomic E-state index is 0.250. The van der Waals surface area contributed by atoms with Gasteiger partial charge in [0.2, 0.25) is 0 Å². The molecule has 0 saturated carbocycles. The molecule has 1 heterocycles. The average molecular weight is 256 g/mol. The van der Waals surface area contributed by atoms with Crippen molar-refractivity contribution in [2.75, 3.05) is 11.9 Å². The lowest BCUT2D eigenvalue weighted by molar-refractivity contribution is 0.340. The molecule has 3 nitrogen and oxygen atoms in total. The lowest BCUT2D eigenvalue weighted by Gasteiger charge is -2.18. The molecular formula is C16H20N2O. The second-order valence-electron chi connectivity index (χ2n) is 4.56. The molecule has 3 heteroatoms. The van der Waals surface area contributed by atoms with Gasteiger partial charge in [-0.2, -0.15) is 0 Å². The molecule has 19 heavy (non-hydrogen) atoms. The highest BCUT2D eigenvalue weighted by atomic mass is 16.5. The number of rotatable bonds is 5. The third kappa shape index (κ3) is 3.47. The Kier molecular flexibility index (Phi) is 4.39. The zero-order valence-electron chi connectivity index (χ0n) is 11.7. The molecule has 100 valence electrons. The summed E-state index contributed by atoms with van der Waals surface area (Å²) in [6.07, 6.45) is 3.64. The van der Waals surface area contributed by atoms with Gasteiger partial charge in [0, 0.05) is 24.1 Å². The van der Waals surface area contributed by atoms with Gasteiger partial charge in [0.15, 0.2) is 0 Å². The van der Waals surface area contributed by atoms with Crippen molar-refractivity contribution in [1.29, 1.82) is 0 Å². The molecule has 1 atom stereocenters. The molecule has 1 aromatic heterocycles. The topological polar surface area (TPSA) is 34.1 Å². The molecule has 0 amide bonds. The van der Waals surface area contributed by atoms with Crippen LogP contribution >= 0.6 is 0 Å². The minimum absolute atomic E-state index is 0.250. The summed E-state index contributed by atoms with van der Waals surface area (Å²) in [5, 5.41) is 3.51. The summed E-state index contributed by atoms with van der Waals surface area (Å²) < 4.78 is 5.50. The minimum Gasteiger partial charge on any atom is -0.494 e. The van der Waals surface area contributed by atoms with E-state index in [4.69, 9.17) is 4.74 Å². The van der Waals surface area contributed by atoms with E-state index in [9.17, 15) is 0 Å². The van der Waals surface area contributed by atoms with E-state index < -0.39 is 0 Å². The molecule has 0 saturated heterocycles. The van der Waals surface area contributed by atoms with Crippen LogP contribution in [0.25, 0.3) is 0 Å². The number of hydrogen-bond acceptors (Lipinski definition) is 3.